The van der Waals surface area contributed by atoms with Gasteiger partial charge in [-0.1, -0.05) is 55.5 Å². The monoisotopic (exact) mass is 455 g/mol. The zero-order valence-electron chi connectivity index (χ0n) is 18.6. The summed E-state index contributed by atoms with van der Waals surface area (Å²) in [5, 5.41) is 15.9. The van der Waals surface area contributed by atoms with Crippen molar-refractivity contribution in [2.45, 2.75) is 38.5 Å². The number of rotatable bonds is 11. The lowest BCUT2D eigenvalue weighted by Crippen LogP contribution is -2.52. The van der Waals surface area contributed by atoms with Gasteiger partial charge in [-0.2, -0.15) is 0 Å². The van der Waals surface area contributed by atoms with Gasteiger partial charge in [0.1, 0.15) is 6.04 Å². The van der Waals surface area contributed by atoms with Gasteiger partial charge in [0.05, 0.1) is 18.6 Å². The van der Waals surface area contributed by atoms with Crippen molar-refractivity contribution in [3.05, 3.63) is 71.8 Å². The molecular weight excluding hydrogens is 426 g/mol. The Morgan fingerprint density at radius 3 is 2.09 bits per heavy atom. The minimum Gasteiger partial charge on any atom is -0.466 e. The zero-order valence-corrected chi connectivity index (χ0v) is 18.6. The van der Waals surface area contributed by atoms with E-state index in [9.17, 15) is 24.3 Å². The molecule has 9 heteroatoms. The Morgan fingerprint density at radius 2 is 1.55 bits per heavy atom. The number of aliphatic hydroxyl groups excluding tert-OH is 1. The Morgan fingerprint density at radius 1 is 0.970 bits per heavy atom. The second kappa shape index (κ2) is 12.4. The molecule has 0 saturated heterocycles. The van der Waals surface area contributed by atoms with E-state index in [1.165, 1.54) is 0 Å². The predicted molar refractivity (Wildman–Crippen MR) is 121 cm³/mol. The molecule has 176 valence electrons. The van der Waals surface area contributed by atoms with Gasteiger partial charge in [-0.15, -0.1) is 0 Å². The lowest BCUT2D eigenvalue weighted by molar-refractivity contribution is -0.148. The SMILES string of the molecule is CCOC(=O)[C@H](C)C[C@@H](NC(=O)[C@H](O)[C@@H](NC(=O)c1ccccc1)c1ccccc1)C(N)=O. The van der Waals surface area contributed by atoms with Crippen LogP contribution in [0.25, 0.3) is 0 Å². The molecule has 3 amide bonds. The number of hydrogen-bond acceptors (Lipinski definition) is 6. The fraction of sp³-hybridized carbons (Fsp3) is 0.333. The second-order valence-corrected chi connectivity index (χ2v) is 7.53. The predicted octanol–water partition coefficient (Wildman–Crippen LogP) is 1.08. The number of hydrogen-bond donors (Lipinski definition) is 4. The summed E-state index contributed by atoms with van der Waals surface area (Å²) in [7, 11) is 0. The van der Waals surface area contributed by atoms with E-state index < -0.39 is 47.8 Å². The Labute approximate surface area is 192 Å². The molecule has 0 aliphatic heterocycles. The third-order valence-corrected chi connectivity index (χ3v) is 5.00. The summed E-state index contributed by atoms with van der Waals surface area (Å²) in [4.78, 5) is 49.3. The Kier molecular flexibility index (Phi) is 9.56. The molecule has 9 nitrogen and oxygen atoms in total. The van der Waals surface area contributed by atoms with Crippen LogP contribution >= 0.6 is 0 Å². The van der Waals surface area contributed by atoms with Crippen LogP contribution in [0.15, 0.2) is 60.7 Å². The molecule has 0 aliphatic rings. The van der Waals surface area contributed by atoms with Gasteiger partial charge in [0.15, 0.2) is 6.10 Å². The van der Waals surface area contributed by atoms with E-state index in [-0.39, 0.29) is 13.0 Å². The zero-order chi connectivity index (χ0) is 24.4. The van der Waals surface area contributed by atoms with Crippen molar-refractivity contribution < 1.29 is 29.0 Å². The lowest BCUT2D eigenvalue weighted by atomic mass is 9.98. The molecule has 0 heterocycles. The molecular formula is C24H29N3O6. The first-order chi connectivity index (χ1) is 15.7. The first kappa shape index (κ1) is 25.5. The molecule has 0 fully saturated rings. The minimum atomic E-state index is -1.74. The highest BCUT2D eigenvalue weighted by Gasteiger charge is 2.33. The Hall–Kier alpha value is -3.72. The van der Waals surface area contributed by atoms with E-state index in [0.717, 1.165) is 0 Å². The lowest BCUT2D eigenvalue weighted by Gasteiger charge is -2.26. The molecule has 0 spiro atoms. The number of ether oxygens (including phenoxy) is 1. The van der Waals surface area contributed by atoms with Crippen LogP contribution in [0.3, 0.4) is 0 Å². The third-order valence-electron chi connectivity index (χ3n) is 5.00. The van der Waals surface area contributed by atoms with Gasteiger partial charge in [-0.3, -0.25) is 19.2 Å². The Bertz CT molecular complexity index is 951. The average Bonchev–Trinajstić information content (AvgIpc) is 2.82. The van der Waals surface area contributed by atoms with Crippen molar-refractivity contribution in [1.82, 2.24) is 10.6 Å². The van der Waals surface area contributed by atoms with Crippen molar-refractivity contribution in [2.24, 2.45) is 11.7 Å². The first-order valence-electron chi connectivity index (χ1n) is 10.6. The molecule has 0 aromatic heterocycles. The maximum absolute atomic E-state index is 12.8. The molecule has 0 unspecified atom stereocenters. The van der Waals surface area contributed by atoms with Crippen LogP contribution < -0.4 is 16.4 Å². The van der Waals surface area contributed by atoms with E-state index in [1.54, 1.807) is 74.5 Å². The standard InChI is InChI=1S/C24H29N3O6/c1-3-33-24(32)15(2)14-18(21(25)29)26-23(31)20(28)19(16-10-6-4-7-11-16)27-22(30)17-12-8-5-9-13-17/h4-13,15,18-20,28H,3,14H2,1-2H3,(H2,25,29)(H,26,31)(H,27,30)/t15-,18-,19+,20-/m1/s1. The van der Waals surface area contributed by atoms with Gasteiger partial charge in [0, 0.05) is 5.56 Å². The van der Waals surface area contributed by atoms with Crippen LogP contribution in [-0.2, 0) is 19.1 Å². The number of amides is 3. The quantitative estimate of drug-likeness (QED) is 0.373. The molecule has 2 aromatic rings. The van der Waals surface area contributed by atoms with Crippen LogP contribution in [0.4, 0.5) is 0 Å². The summed E-state index contributed by atoms with van der Waals surface area (Å²) in [6.07, 6.45) is -1.83. The van der Waals surface area contributed by atoms with Gasteiger partial charge in [-0.05, 0) is 31.0 Å². The number of benzene rings is 2. The second-order valence-electron chi connectivity index (χ2n) is 7.53. The smallest absolute Gasteiger partial charge is 0.308 e. The molecule has 0 saturated carbocycles. The van der Waals surface area contributed by atoms with Gasteiger partial charge in [-0.25, -0.2) is 0 Å². The third kappa shape index (κ3) is 7.43. The van der Waals surface area contributed by atoms with E-state index in [1.807, 2.05) is 0 Å². The summed E-state index contributed by atoms with van der Waals surface area (Å²) in [6.45, 7) is 3.38. The fourth-order valence-electron chi connectivity index (χ4n) is 3.21. The minimum absolute atomic E-state index is 0.0982. The van der Waals surface area contributed by atoms with Crippen molar-refractivity contribution >= 4 is 23.7 Å². The molecule has 5 N–H and O–H groups in total. The van der Waals surface area contributed by atoms with Gasteiger partial charge in [0.25, 0.3) is 11.8 Å². The van der Waals surface area contributed by atoms with E-state index in [2.05, 4.69) is 10.6 Å². The largest absolute Gasteiger partial charge is 0.466 e. The van der Waals surface area contributed by atoms with Crippen LogP contribution in [0.5, 0.6) is 0 Å². The molecule has 0 aliphatic carbocycles. The molecule has 4 atom stereocenters. The number of nitrogens with one attached hydrogen (secondary N) is 2. The normalized spacial score (nSPS) is 14.3. The molecule has 2 rings (SSSR count). The Balaban J connectivity index is 2.19. The highest BCUT2D eigenvalue weighted by atomic mass is 16.5. The molecule has 33 heavy (non-hydrogen) atoms. The summed E-state index contributed by atoms with van der Waals surface area (Å²) in [5.41, 5.74) is 6.23. The highest BCUT2D eigenvalue weighted by Crippen LogP contribution is 2.19. The van der Waals surface area contributed by atoms with Crippen LogP contribution in [0.2, 0.25) is 0 Å². The highest BCUT2D eigenvalue weighted by molar-refractivity contribution is 5.95. The van der Waals surface area contributed by atoms with E-state index in [0.29, 0.717) is 11.1 Å². The first-order valence-corrected chi connectivity index (χ1v) is 10.6. The van der Waals surface area contributed by atoms with Crippen molar-refractivity contribution in [3.8, 4) is 0 Å². The average molecular weight is 456 g/mol. The molecule has 2 aromatic carbocycles. The van der Waals surface area contributed by atoms with Crippen LogP contribution in [0, 0.1) is 5.92 Å². The number of nitrogens with two attached hydrogens (primary N) is 1. The number of primary amides is 1. The fourth-order valence-corrected chi connectivity index (χ4v) is 3.21. The van der Waals surface area contributed by atoms with Gasteiger partial charge in [0.2, 0.25) is 5.91 Å². The van der Waals surface area contributed by atoms with Crippen LogP contribution in [-0.4, -0.2) is 47.6 Å². The number of aliphatic hydroxyl groups is 1. The summed E-state index contributed by atoms with van der Waals surface area (Å²) in [5.74, 6) is -3.51. The number of carbonyl (C=O) groups is 4. The maximum Gasteiger partial charge on any atom is 0.308 e. The van der Waals surface area contributed by atoms with Gasteiger partial charge < -0.3 is 26.2 Å². The van der Waals surface area contributed by atoms with Crippen LogP contribution in [0.1, 0.15) is 42.2 Å². The van der Waals surface area contributed by atoms with Crippen molar-refractivity contribution in [3.63, 3.8) is 0 Å². The van der Waals surface area contributed by atoms with Gasteiger partial charge >= 0.3 is 5.97 Å². The molecule has 0 radical (unpaired) electrons. The number of esters is 1. The van der Waals surface area contributed by atoms with E-state index >= 15 is 0 Å². The summed E-state index contributed by atoms with van der Waals surface area (Å²) >= 11 is 0. The topological polar surface area (TPSA) is 148 Å². The van der Waals surface area contributed by atoms with E-state index in [4.69, 9.17) is 10.5 Å². The summed E-state index contributed by atoms with van der Waals surface area (Å²) < 4.78 is 4.92. The van der Waals surface area contributed by atoms with Crippen molar-refractivity contribution in [2.75, 3.05) is 6.61 Å². The number of carbonyl (C=O) groups excluding carboxylic acids is 4. The van der Waals surface area contributed by atoms with Crippen molar-refractivity contribution in [1.29, 1.82) is 0 Å². The molecule has 0 bridgehead atoms. The summed E-state index contributed by atoms with van der Waals surface area (Å²) in [6, 6.07) is 14.5. The maximum atomic E-state index is 12.8.